The van der Waals surface area contributed by atoms with Crippen LogP contribution in [0.5, 0.6) is 0 Å². The van der Waals surface area contributed by atoms with Crippen molar-refractivity contribution in [3.8, 4) is 0 Å². The third kappa shape index (κ3) is 1.44. The number of nitrogens with zero attached hydrogens (tertiary/aromatic N) is 2. The number of hydrogen-bond donors (Lipinski definition) is 3. The topological polar surface area (TPSA) is 65.3 Å². The molecule has 3 rings (SSSR count). The maximum atomic E-state index is 9.86. The minimum Gasteiger partial charge on any atom is -0.391 e. The van der Waals surface area contributed by atoms with Gasteiger partial charge in [-0.3, -0.25) is 0 Å². The van der Waals surface area contributed by atoms with E-state index in [0.29, 0.717) is 0 Å². The average Bonchev–Trinajstić information content (AvgIpc) is 2.77. The molecule has 5 heteroatoms. The second-order valence-corrected chi connectivity index (χ2v) is 4.00. The maximum absolute atomic E-state index is 9.86. The van der Waals surface area contributed by atoms with E-state index in [1.54, 1.807) is 0 Å². The summed E-state index contributed by atoms with van der Waals surface area (Å²) in [5.41, 5.74) is 1.80. The van der Waals surface area contributed by atoms with Crippen LogP contribution in [0.15, 0.2) is 18.5 Å². The fourth-order valence-corrected chi connectivity index (χ4v) is 2.15. The van der Waals surface area contributed by atoms with E-state index < -0.39 is 0 Å². The highest BCUT2D eigenvalue weighted by molar-refractivity contribution is 5.38. The Balaban J connectivity index is 1.95. The SMILES string of the molecule is OC1CCCNC1c1cn2[nH]ccc2n1. The molecule has 3 heterocycles. The summed E-state index contributed by atoms with van der Waals surface area (Å²) in [5, 5.41) is 16.2. The molecule has 1 fully saturated rings. The maximum Gasteiger partial charge on any atom is 0.153 e. The van der Waals surface area contributed by atoms with Crippen LogP contribution in [0.25, 0.3) is 5.65 Å². The van der Waals surface area contributed by atoms with Crippen molar-refractivity contribution < 1.29 is 5.11 Å². The van der Waals surface area contributed by atoms with Crippen LogP contribution in [-0.4, -0.2) is 32.4 Å². The molecular formula is C10H14N4O. The molecule has 2 aromatic rings. The van der Waals surface area contributed by atoms with Gasteiger partial charge >= 0.3 is 0 Å². The molecule has 2 atom stereocenters. The predicted octanol–water partition coefficient (Wildman–Crippen LogP) is 0.448. The molecule has 1 saturated heterocycles. The number of rotatable bonds is 1. The number of H-pyrrole nitrogens is 1. The van der Waals surface area contributed by atoms with E-state index in [9.17, 15) is 5.11 Å². The molecule has 1 aliphatic rings. The molecule has 0 spiro atoms. The Morgan fingerprint density at radius 2 is 2.47 bits per heavy atom. The van der Waals surface area contributed by atoms with Gasteiger partial charge in [-0.2, -0.15) is 0 Å². The average molecular weight is 206 g/mol. The van der Waals surface area contributed by atoms with Gasteiger partial charge in [0.1, 0.15) is 0 Å². The van der Waals surface area contributed by atoms with Crippen molar-refractivity contribution in [2.24, 2.45) is 0 Å². The van der Waals surface area contributed by atoms with Crippen LogP contribution in [0.4, 0.5) is 0 Å². The lowest BCUT2D eigenvalue weighted by Crippen LogP contribution is -2.37. The molecule has 0 bridgehead atoms. The van der Waals surface area contributed by atoms with Gasteiger partial charge in [-0.15, -0.1) is 0 Å². The molecule has 0 amide bonds. The number of nitrogens with one attached hydrogen (secondary N) is 2. The lowest BCUT2D eigenvalue weighted by molar-refractivity contribution is 0.0949. The number of imidazole rings is 1. The normalized spacial score (nSPS) is 27.3. The highest BCUT2D eigenvalue weighted by atomic mass is 16.3. The fourth-order valence-electron chi connectivity index (χ4n) is 2.15. The summed E-state index contributed by atoms with van der Waals surface area (Å²) in [6, 6.07) is 1.89. The molecule has 15 heavy (non-hydrogen) atoms. The Morgan fingerprint density at radius 1 is 1.53 bits per heavy atom. The largest absolute Gasteiger partial charge is 0.391 e. The van der Waals surface area contributed by atoms with Crippen molar-refractivity contribution in [2.45, 2.75) is 25.0 Å². The zero-order valence-electron chi connectivity index (χ0n) is 8.35. The van der Waals surface area contributed by atoms with Crippen LogP contribution in [0.3, 0.4) is 0 Å². The Hall–Kier alpha value is -1.33. The second kappa shape index (κ2) is 3.36. The van der Waals surface area contributed by atoms with Gasteiger partial charge in [-0.05, 0) is 19.4 Å². The first kappa shape index (κ1) is 8.94. The van der Waals surface area contributed by atoms with Gasteiger partial charge in [0.2, 0.25) is 0 Å². The highest BCUT2D eigenvalue weighted by Gasteiger charge is 2.26. The first-order valence-electron chi connectivity index (χ1n) is 5.28. The molecule has 0 saturated carbocycles. The van der Waals surface area contributed by atoms with Crippen molar-refractivity contribution in [3.05, 3.63) is 24.2 Å². The Kier molecular flexibility index (Phi) is 2.00. The molecular weight excluding hydrogens is 192 g/mol. The summed E-state index contributed by atoms with van der Waals surface area (Å²) in [7, 11) is 0. The molecule has 0 aliphatic carbocycles. The third-order valence-corrected chi connectivity index (χ3v) is 2.94. The van der Waals surface area contributed by atoms with Gasteiger partial charge in [0.15, 0.2) is 5.65 Å². The summed E-state index contributed by atoms with van der Waals surface area (Å²) in [6.07, 6.45) is 5.34. The lowest BCUT2D eigenvalue weighted by Gasteiger charge is -2.27. The summed E-state index contributed by atoms with van der Waals surface area (Å²) in [6.45, 7) is 0.952. The van der Waals surface area contributed by atoms with E-state index in [1.165, 1.54) is 0 Å². The molecule has 5 nitrogen and oxygen atoms in total. The molecule has 2 aromatic heterocycles. The van der Waals surface area contributed by atoms with Gasteiger partial charge in [0.25, 0.3) is 0 Å². The van der Waals surface area contributed by atoms with Gasteiger partial charge in [0, 0.05) is 12.3 Å². The molecule has 1 aliphatic heterocycles. The minimum atomic E-state index is -0.321. The van der Waals surface area contributed by atoms with E-state index in [2.05, 4.69) is 15.4 Å². The fraction of sp³-hybridized carbons (Fsp3) is 0.500. The number of aliphatic hydroxyl groups is 1. The van der Waals surface area contributed by atoms with E-state index in [4.69, 9.17) is 0 Å². The zero-order chi connectivity index (χ0) is 10.3. The van der Waals surface area contributed by atoms with Crippen molar-refractivity contribution in [2.75, 3.05) is 6.54 Å². The smallest absolute Gasteiger partial charge is 0.153 e. The molecule has 80 valence electrons. The van der Waals surface area contributed by atoms with Gasteiger partial charge in [0.05, 0.1) is 24.0 Å². The van der Waals surface area contributed by atoms with Crippen molar-refractivity contribution in [1.82, 2.24) is 19.9 Å². The number of aromatic nitrogens is 3. The van der Waals surface area contributed by atoms with Gasteiger partial charge < -0.3 is 15.5 Å². The Morgan fingerprint density at radius 3 is 3.27 bits per heavy atom. The van der Waals surface area contributed by atoms with Crippen LogP contribution in [0.2, 0.25) is 0 Å². The van der Waals surface area contributed by atoms with Crippen LogP contribution in [0, 0.1) is 0 Å². The standard InChI is InChI=1S/C10H14N4O/c15-8-2-1-4-11-10(8)7-6-14-9(13-7)3-5-12-14/h3,5-6,8,10-12,15H,1-2,4H2. The molecule has 3 N–H and O–H groups in total. The predicted molar refractivity (Wildman–Crippen MR) is 55.5 cm³/mol. The summed E-state index contributed by atoms with van der Waals surface area (Å²) in [5.74, 6) is 0. The summed E-state index contributed by atoms with van der Waals surface area (Å²) < 4.78 is 1.86. The molecule has 0 aromatic carbocycles. The lowest BCUT2D eigenvalue weighted by atomic mass is 9.99. The van der Waals surface area contributed by atoms with Crippen molar-refractivity contribution >= 4 is 5.65 Å². The van der Waals surface area contributed by atoms with E-state index >= 15 is 0 Å². The van der Waals surface area contributed by atoms with Crippen LogP contribution in [-0.2, 0) is 0 Å². The Bertz CT molecular complexity index is 432. The second-order valence-electron chi connectivity index (χ2n) is 4.00. The van der Waals surface area contributed by atoms with Crippen LogP contribution >= 0.6 is 0 Å². The first-order valence-corrected chi connectivity index (χ1v) is 5.28. The zero-order valence-corrected chi connectivity index (χ0v) is 8.35. The number of aliphatic hydroxyl groups excluding tert-OH is 1. The van der Waals surface area contributed by atoms with Crippen LogP contribution < -0.4 is 5.32 Å². The van der Waals surface area contributed by atoms with Gasteiger partial charge in [-0.25, -0.2) is 9.50 Å². The van der Waals surface area contributed by atoms with E-state index in [1.807, 2.05) is 23.0 Å². The minimum absolute atomic E-state index is 0.0212. The molecule has 0 radical (unpaired) electrons. The number of aromatic amines is 1. The van der Waals surface area contributed by atoms with Crippen LogP contribution in [0.1, 0.15) is 24.6 Å². The summed E-state index contributed by atoms with van der Waals surface area (Å²) >= 11 is 0. The number of hydrogen-bond acceptors (Lipinski definition) is 3. The first-order chi connectivity index (χ1) is 7.34. The van der Waals surface area contributed by atoms with Crippen molar-refractivity contribution in [3.63, 3.8) is 0 Å². The highest BCUT2D eigenvalue weighted by Crippen LogP contribution is 2.22. The Labute approximate surface area is 87.1 Å². The quantitative estimate of drug-likeness (QED) is 0.634. The molecule has 2 unspecified atom stereocenters. The van der Waals surface area contributed by atoms with Crippen molar-refractivity contribution in [1.29, 1.82) is 0 Å². The summed E-state index contributed by atoms with van der Waals surface area (Å²) in [4.78, 5) is 4.46. The number of piperidine rings is 1. The van der Waals surface area contributed by atoms with Gasteiger partial charge in [-0.1, -0.05) is 0 Å². The van der Waals surface area contributed by atoms with E-state index in [0.717, 1.165) is 30.7 Å². The number of fused-ring (bicyclic) bond motifs is 1. The third-order valence-electron chi connectivity index (χ3n) is 2.94. The van der Waals surface area contributed by atoms with E-state index in [-0.39, 0.29) is 12.1 Å². The monoisotopic (exact) mass is 206 g/mol.